The first-order valence-electron chi connectivity index (χ1n) is 9.30. The molecule has 1 aromatic carbocycles. The Balaban J connectivity index is 1.40. The molecule has 146 valence electrons. The molecule has 29 heavy (non-hydrogen) atoms. The molecule has 0 bridgehead atoms. The van der Waals surface area contributed by atoms with E-state index >= 15 is 0 Å². The number of ether oxygens (including phenoxy) is 1. The van der Waals surface area contributed by atoms with Crippen molar-refractivity contribution in [2.45, 2.75) is 31.9 Å². The summed E-state index contributed by atoms with van der Waals surface area (Å²) in [7, 11) is 0. The summed E-state index contributed by atoms with van der Waals surface area (Å²) < 4.78 is 13.5. The van der Waals surface area contributed by atoms with Gasteiger partial charge in [0.15, 0.2) is 11.9 Å². The lowest BCUT2D eigenvalue weighted by molar-refractivity contribution is 0.184. The van der Waals surface area contributed by atoms with Gasteiger partial charge in [-0.15, -0.1) is 5.10 Å². The van der Waals surface area contributed by atoms with Gasteiger partial charge < -0.3 is 9.26 Å². The van der Waals surface area contributed by atoms with Crippen molar-refractivity contribution in [1.29, 1.82) is 0 Å². The van der Waals surface area contributed by atoms with Crippen LogP contribution in [0.3, 0.4) is 0 Å². The molecule has 1 unspecified atom stereocenters. The molecular weight excluding hydrogens is 392 g/mol. The Labute approximate surface area is 171 Å². The zero-order valence-electron chi connectivity index (χ0n) is 15.6. The van der Waals surface area contributed by atoms with Crippen LogP contribution in [-0.2, 0) is 0 Å². The van der Waals surface area contributed by atoms with Crippen molar-refractivity contribution in [3.05, 3.63) is 59.6 Å². The van der Waals surface area contributed by atoms with Crippen molar-refractivity contribution in [3.63, 3.8) is 0 Å². The highest BCUT2D eigenvalue weighted by molar-refractivity contribution is 6.30. The summed E-state index contributed by atoms with van der Waals surface area (Å²) in [6.07, 6.45) is 5.17. The molecule has 0 saturated heterocycles. The van der Waals surface area contributed by atoms with Gasteiger partial charge in [0.2, 0.25) is 5.82 Å². The third-order valence-corrected chi connectivity index (χ3v) is 4.89. The van der Waals surface area contributed by atoms with Crippen LogP contribution < -0.4 is 4.74 Å². The minimum Gasteiger partial charge on any atom is -0.452 e. The first-order valence-corrected chi connectivity index (χ1v) is 9.68. The van der Waals surface area contributed by atoms with Gasteiger partial charge in [-0.2, -0.15) is 4.98 Å². The average Bonchev–Trinajstić information content (AvgIpc) is 3.29. The van der Waals surface area contributed by atoms with Gasteiger partial charge in [-0.3, -0.25) is 9.55 Å². The van der Waals surface area contributed by atoms with Gasteiger partial charge in [0.25, 0.3) is 5.89 Å². The van der Waals surface area contributed by atoms with Crippen molar-refractivity contribution in [3.8, 4) is 28.9 Å². The third-order valence-electron chi connectivity index (χ3n) is 4.66. The van der Waals surface area contributed by atoms with Gasteiger partial charge in [0.05, 0.1) is 0 Å². The van der Waals surface area contributed by atoms with E-state index in [1.165, 1.54) is 0 Å². The maximum absolute atomic E-state index is 6.07. The maximum Gasteiger partial charge on any atom is 0.318 e. The number of halogens is 1. The number of rotatable bonds is 6. The smallest absolute Gasteiger partial charge is 0.318 e. The highest BCUT2D eigenvalue weighted by Gasteiger charge is 2.32. The van der Waals surface area contributed by atoms with E-state index in [0.29, 0.717) is 28.8 Å². The zero-order valence-corrected chi connectivity index (χ0v) is 16.3. The zero-order chi connectivity index (χ0) is 19.8. The van der Waals surface area contributed by atoms with Crippen molar-refractivity contribution in [2.24, 2.45) is 0 Å². The fourth-order valence-electron chi connectivity index (χ4n) is 3.06. The molecule has 0 radical (unpaired) electrons. The van der Waals surface area contributed by atoms with E-state index in [2.05, 4.69) is 25.3 Å². The van der Waals surface area contributed by atoms with Crippen LogP contribution in [-0.4, -0.2) is 29.9 Å². The SMILES string of the molecule is CC(Oc1nnc(-c2cccnc2)n1C1CC1)c1noc(-c2cccc(Cl)c2)n1. The molecule has 1 aliphatic carbocycles. The Bertz CT molecular complexity index is 1140. The minimum absolute atomic E-state index is 0.328. The van der Waals surface area contributed by atoms with Crippen molar-refractivity contribution < 1.29 is 9.26 Å². The molecule has 0 aliphatic heterocycles. The van der Waals surface area contributed by atoms with Crippen molar-refractivity contribution in [2.75, 3.05) is 0 Å². The van der Waals surface area contributed by atoms with Crippen LogP contribution in [0.5, 0.6) is 6.01 Å². The fourth-order valence-corrected chi connectivity index (χ4v) is 3.25. The van der Waals surface area contributed by atoms with Crippen LogP contribution in [0.25, 0.3) is 22.8 Å². The first kappa shape index (κ1) is 17.8. The lowest BCUT2D eigenvalue weighted by atomic mass is 10.2. The third kappa shape index (κ3) is 3.58. The van der Waals surface area contributed by atoms with E-state index < -0.39 is 6.10 Å². The minimum atomic E-state index is -0.463. The quantitative estimate of drug-likeness (QED) is 0.463. The summed E-state index contributed by atoms with van der Waals surface area (Å²) in [6, 6.07) is 11.9. The second-order valence-electron chi connectivity index (χ2n) is 6.88. The number of hydrogen-bond acceptors (Lipinski definition) is 7. The number of aromatic nitrogens is 6. The second-order valence-corrected chi connectivity index (χ2v) is 7.31. The van der Waals surface area contributed by atoms with E-state index in [4.69, 9.17) is 20.9 Å². The molecule has 9 heteroatoms. The van der Waals surface area contributed by atoms with Crippen LogP contribution in [0, 0.1) is 0 Å². The van der Waals surface area contributed by atoms with Crippen LogP contribution >= 0.6 is 11.6 Å². The second kappa shape index (κ2) is 7.29. The molecule has 4 aromatic rings. The Hall–Kier alpha value is -3.26. The Morgan fingerprint density at radius 1 is 1.17 bits per heavy atom. The Kier molecular flexibility index (Phi) is 4.48. The summed E-state index contributed by atoms with van der Waals surface area (Å²) in [5.41, 5.74) is 1.65. The topological polar surface area (TPSA) is 91.8 Å². The average molecular weight is 409 g/mol. The van der Waals surface area contributed by atoms with E-state index in [-0.39, 0.29) is 0 Å². The molecule has 0 N–H and O–H groups in total. The van der Waals surface area contributed by atoms with Crippen LogP contribution in [0.4, 0.5) is 0 Å². The summed E-state index contributed by atoms with van der Waals surface area (Å²) >= 11 is 6.04. The van der Waals surface area contributed by atoms with Gasteiger partial charge in [-0.05, 0) is 50.1 Å². The molecule has 1 atom stereocenters. The standard InChI is InChI=1S/C20H17ClN6O2/c1-12(17-23-19(29-26-17)13-4-2-6-15(21)10-13)28-20-25-24-18(27(20)16-7-8-16)14-5-3-9-22-11-14/h2-6,9-12,16H,7-8H2,1H3. The van der Waals surface area contributed by atoms with Gasteiger partial charge in [-0.1, -0.05) is 27.9 Å². The predicted octanol–water partition coefficient (Wildman–Crippen LogP) is 4.52. The van der Waals surface area contributed by atoms with Gasteiger partial charge in [0, 0.05) is 34.6 Å². The molecule has 0 amide bonds. The summed E-state index contributed by atoms with van der Waals surface area (Å²) in [4.78, 5) is 8.62. The highest BCUT2D eigenvalue weighted by Crippen LogP contribution is 2.41. The number of hydrogen-bond donors (Lipinski definition) is 0. The number of benzene rings is 1. The maximum atomic E-state index is 6.07. The van der Waals surface area contributed by atoms with E-state index in [1.807, 2.05) is 35.8 Å². The molecule has 1 saturated carbocycles. The summed E-state index contributed by atoms with van der Waals surface area (Å²) in [5.74, 6) is 1.56. The molecular formula is C20H17ClN6O2. The van der Waals surface area contributed by atoms with E-state index in [9.17, 15) is 0 Å². The number of pyridine rings is 1. The van der Waals surface area contributed by atoms with Gasteiger partial charge in [-0.25, -0.2) is 0 Å². The molecule has 8 nitrogen and oxygen atoms in total. The highest BCUT2D eigenvalue weighted by atomic mass is 35.5. The molecule has 3 heterocycles. The summed E-state index contributed by atoms with van der Waals surface area (Å²) in [6.45, 7) is 1.85. The van der Waals surface area contributed by atoms with E-state index in [0.717, 1.165) is 29.8 Å². The van der Waals surface area contributed by atoms with Crippen molar-refractivity contribution in [1.82, 2.24) is 29.9 Å². The van der Waals surface area contributed by atoms with E-state index in [1.54, 1.807) is 24.5 Å². The lowest BCUT2D eigenvalue weighted by Crippen LogP contribution is -2.10. The molecule has 3 aromatic heterocycles. The molecule has 5 rings (SSSR count). The van der Waals surface area contributed by atoms with Crippen LogP contribution in [0.15, 0.2) is 53.3 Å². The Morgan fingerprint density at radius 2 is 2.03 bits per heavy atom. The fraction of sp³-hybridized carbons (Fsp3) is 0.250. The number of nitrogens with zero attached hydrogens (tertiary/aromatic N) is 6. The van der Waals surface area contributed by atoms with Gasteiger partial charge >= 0.3 is 6.01 Å². The molecule has 1 aliphatic rings. The first-order chi connectivity index (χ1) is 14.2. The lowest BCUT2D eigenvalue weighted by Gasteiger charge is -2.12. The van der Waals surface area contributed by atoms with Gasteiger partial charge in [0.1, 0.15) is 0 Å². The normalized spacial score (nSPS) is 14.7. The Morgan fingerprint density at radius 3 is 2.79 bits per heavy atom. The predicted molar refractivity (Wildman–Crippen MR) is 105 cm³/mol. The monoisotopic (exact) mass is 408 g/mol. The molecule has 1 fully saturated rings. The molecule has 0 spiro atoms. The largest absolute Gasteiger partial charge is 0.452 e. The van der Waals surface area contributed by atoms with Crippen molar-refractivity contribution >= 4 is 11.6 Å². The van der Waals surface area contributed by atoms with Crippen LogP contribution in [0.2, 0.25) is 5.02 Å². The summed E-state index contributed by atoms with van der Waals surface area (Å²) in [5, 5.41) is 13.2. The van der Waals surface area contributed by atoms with Crippen LogP contribution in [0.1, 0.15) is 37.7 Å².